The molecule has 3 nitrogen and oxygen atoms in total. The van der Waals surface area contributed by atoms with E-state index in [0.717, 1.165) is 20.2 Å². The molecule has 0 saturated heterocycles. The molecule has 0 aliphatic heterocycles. The molecule has 3 rings (SSSR count). The normalized spacial score (nSPS) is 10.9. The van der Waals surface area contributed by atoms with Gasteiger partial charge in [-0.25, -0.2) is 9.97 Å². The third kappa shape index (κ3) is 1.49. The number of aromatic hydroxyl groups is 1. The van der Waals surface area contributed by atoms with Crippen LogP contribution in [0.1, 0.15) is 0 Å². The highest BCUT2D eigenvalue weighted by Crippen LogP contribution is 2.31. The summed E-state index contributed by atoms with van der Waals surface area (Å²) in [5.41, 5.74) is 2.82. The number of aromatic nitrogens is 2. The number of phenolic OH excluding ortho intramolecular Hbond substituents is 1. The van der Waals surface area contributed by atoms with Crippen molar-refractivity contribution in [2.24, 2.45) is 0 Å². The minimum absolute atomic E-state index is 0.273. The molecule has 1 N–H and O–H groups in total. The van der Waals surface area contributed by atoms with Crippen LogP contribution in [0.25, 0.3) is 20.2 Å². The molecule has 0 amide bonds. The van der Waals surface area contributed by atoms with Gasteiger partial charge in [-0.2, -0.15) is 0 Å². The first-order chi connectivity index (χ1) is 7.33. The summed E-state index contributed by atoms with van der Waals surface area (Å²) in [5, 5.41) is 10.1. The fourth-order valence-corrected chi connectivity index (χ4v) is 3.07. The van der Waals surface area contributed by atoms with E-state index < -0.39 is 0 Å². The van der Waals surface area contributed by atoms with Crippen LogP contribution in [0.2, 0.25) is 0 Å². The van der Waals surface area contributed by atoms with Crippen molar-refractivity contribution < 1.29 is 5.11 Å². The number of rotatable bonds is 1. The van der Waals surface area contributed by atoms with E-state index in [4.69, 9.17) is 0 Å². The lowest BCUT2D eigenvalue weighted by Crippen LogP contribution is -1.73. The van der Waals surface area contributed by atoms with Crippen LogP contribution in [0.15, 0.2) is 29.8 Å². The van der Waals surface area contributed by atoms with Gasteiger partial charge in [0, 0.05) is 5.56 Å². The van der Waals surface area contributed by atoms with E-state index in [2.05, 4.69) is 9.97 Å². The van der Waals surface area contributed by atoms with E-state index >= 15 is 0 Å². The van der Waals surface area contributed by atoms with Crippen LogP contribution in [0.3, 0.4) is 0 Å². The van der Waals surface area contributed by atoms with Gasteiger partial charge in [0.15, 0.2) is 9.66 Å². The highest BCUT2D eigenvalue weighted by molar-refractivity contribution is 7.27. The van der Waals surface area contributed by atoms with Gasteiger partial charge in [-0.1, -0.05) is 11.3 Å². The van der Waals surface area contributed by atoms with Crippen LogP contribution < -0.4 is 0 Å². The van der Waals surface area contributed by atoms with E-state index in [1.54, 1.807) is 40.3 Å². The van der Waals surface area contributed by atoms with Crippen molar-refractivity contribution in [3.8, 4) is 16.3 Å². The summed E-state index contributed by atoms with van der Waals surface area (Å²) in [7, 11) is 0. The zero-order valence-corrected chi connectivity index (χ0v) is 9.18. The number of fused-ring (bicyclic) bond motifs is 1. The monoisotopic (exact) mass is 234 g/mol. The summed E-state index contributed by atoms with van der Waals surface area (Å²) in [5.74, 6) is 0.273. The van der Waals surface area contributed by atoms with E-state index in [1.165, 1.54) is 0 Å². The Kier molecular flexibility index (Phi) is 1.93. The van der Waals surface area contributed by atoms with Gasteiger partial charge in [-0.05, 0) is 24.3 Å². The average Bonchev–Trinajstić information content (AvgIpc) is 2.78. The van der Waals surface area contributed by atoms with Gasteiger partial charge < -0.3 is 5.11 Å². The second kappa shape index (κ2) is 3.29. The van der Waals surface area contributed by atoms with Gasteiger partial charge in [-0.15, -0.1) is 11.3 Å². The van der Waals surface area contributed by atoms with Crippen molar-refractivity contribution in [2.45, 2.75) is 0 Å². The largest absolute Gasteiger partial charge is 0.508 e. The Morgan fingerprint density at radius 3 is 2.60 bits per heavy atom. The van der Waals surface area contributed by atoms with E-state index in [1.807, 2.05) is 12.1 Å². The second-order valence-corrected chi connectivity index (χ2v) is 4.84. The molecule has 15 heavy (non-hydrogen) atoms. The molecular formula is C10H6N2OS2. The lowest BCUT2D eigenvalue weighted by molar-refractivity contribution is 0.475. The molecule has 0 bridgehead atoms. The van der Waals surface area contributed by atoms with Crippen LogP contribution in [-0.4, -0.2) is 15.1 Å². The van der Waals surface area contributed by atoms with E-state index in [-0.39, 0.29) is 5.75 Å². The molecule has 0 atom stereocenters. The SMILES string of the molecule is Oc1ccc(-c2nc3scnc3s2)cc1. The molecule has 74 valence electrons. The van der Waals surface area contributed by atoms with Crippen molar-refractivity contribution in [1.29, 1.82) is 0 Å². The van der Waals surface area contributed by atoms with Crippen LogP contribution in [0, 0.1) is 0 Å². The van der Waals surface area contributed by atoms with Crippen LogP contribution in [0.4, 0.5) is 0 Å². The first kappa shape index (κ1) is 8.82. The molecule has 0 saturated carbocycles. The van der Waals surface area contributed by atoms with E-state index in [0.29, 0.717) is 0 Å². The summed E-state index contributed by atoms with van der Waals surface area (Å²) in [4.78, 5) is 10.6. The second-order valence-electron chi connectivity index (χ2n) is 3.03. The molecule has 0 unspecified atom stereocenters. The number of phenols is 1. The Balaban J connectivity index is 2.13. The molecule has 0 radical (unpaired) electrons. The minimum Gasteiger partial charge on any atom is -0.508 e. The molecule has 3 aromatic rings. The van der Waals surface area contributed by atoms with Gasteiger partial charge in [0.05, 0.1) is 5.51 Å². The van der Waals surface area contributed by atoms with Gasteiger partial charge >= 0.3 is 0 Å². The summed E-state index contributed by atoms with van der Waals surface area (Å²) < 4.78 is 0. The zero-order valence-electron chi connectivity index (χ0n) is 7.54. The molecule has 5 heteroatoms. The highest BCUT2D eigenvalue weighted by Gasteiger charge is 2.07. The zero-order chi connectivity index (χ0) is 10.3. The van der Waals surface area contributed by atoms with Crippen molar-refractivity contribution in [1.82, 2.24) is 9.97 Å². The van der Waals surface area contributed by atoms with Crippen LogP contribution in [-0.2, 0) is 0 Å². The molecular weight excluding hydrogens is 228 g/mol. The Labute approximate surface area is 93.7 Å². The number of hydrogen-bond acceptors (Lipinski definition) is 5. The molecule has 2 aromatic heterocycles. The Bertz CT molecular complexity index is 569. The smallest absolute Gasteiger partial charge is 0.155 e. The fraction of sp³-hybridized carbons (Fsp3) is 0. The summed E-state index contributed by atoms with van der Waals surface area (Å²) in [6, 6.07) is 7.05. The van der Waals surface area contributed by atoms with Crippen molar-refractivity contribution in [2.75, 3.05) is 0 Å². The maximum atomic E-state index is 9.18. The Hall–Kier alpha value is -1.46. The number of hydrogen-bond donors (Lipinski definition) is 1. The quantitative estimate of drug-likeness (QED) is 0.703. The Morgan fingerprint density at radius 1 is 1.07 bits per heavy atom. The summed E-state index contributed by atoms with van der Waals surface area (Å²) >= 11 is 3.11. The highest BCUT2D eigenvalue weighted by atomic mass is 32.1. The minimum atomic E-state index is 0.273. The molecule has 0 aliphatic carbocycles. The molecule has 0 fully saturated rings. The van der Waals surface area contributed by atoms with Crippen molar-refractivity contribution >= 4 is 32.3 Å². The molecule has 0 spiro atoms. The standard InChI is InChI=1S/C10H6N2OS2/c13-7-3-1-6(2-4-7)8-12-10-9(15-8)11-5-14-10/h1-5,13H. The van der Waals surface area contributed by atoms with Crippen LogP contribution >= 0.6 is 22.7 Å². The number of thiazole rings is 2. The topological polar surface area (TPSA) is 46.0 Å². The predicted molar refractivity (Wildman–Crippen MR) is 62.4 cm³/mol. The molecule has 0 aliphatic rings. The number of benzene rings is 1. The van der Waals surface area contributed by atoms with Crippen LogP contribution in [0.5, 0.6) is 5.75 Å². The fourth-order valence-electron chi connectivity index (χ4n) is 1.31. The first-order valence-electron chi connectivity index (χ1n) is 4.32. The summed E-state index contributed by atoms with van der Waals surface area (Å²) in [6.45, 7) is 0. The lowest BCUT2D eigenvalue weighted by atomic mass is 10.2. The van der Waals surface area contributed by atoms with Gasteiger partial charge in [0.1, 0.15) is 10.8 Å². The molecule has 2 heterocycles. The predicted octanol–water partition coefficient (Wildman–Crippen LogP) is 3.13. The maximum absolute atomic E-state index is 9.18. The van der Waals surface area contributed by atoms with Gasteiger partial charge in [-0.3, -0.25) is 0 Å². The lowest BCUT2D eigenvalue weighted by Gasteiger charge is -1.95. The van der Waals surface area contributed by atoms with Gasteiger partial charge in [0.25, 0.3) is 0 Å². The van der Waals surface area contributed by atoms with Gasteiger partial charge in [0.2, 0.25) is 0 Å². The van der Waals surface area contributed by atoms with Crippen molar-refractivity contribution in [3.63, 3.8) is 0 Å². The Morgan fingerprint density at radius 2 is 1.87 bits per heavy atom. The third-order valence-electron chi connectivity index (χ3n) is 2.03. The van der Waals surface area contributed by atoms with Crippen molar-refractivity contribution in [3.05, 3.63) is 29.8 Å². The summed E-state index contributed by atoms with van der Waals surface area (Å²) in [6.07, 6.45) is 0. The third-order valence-corrected chi connectivity index (χ3v) is 3.89. The first-order valence-corrected chi connectivity index (χ1v) is 6.02. The molecule has 1 aromatic carbocycles. The van der Waals surface area contributed by atoms with E-state index in [9.17, 15) is 5.11 Å². The average molecular weight is 234 g/mol. The maximum Gasteiger partial charge on any atom is 0.155 e. The number of nitrogens with zero attached hydrogens (tertiary/aromatic N) is 2.